The summed E-state index contributed by atoms with van der Waals surface area (Å²) in [6.07, 6.45) is 0. The molecule has 0 saturated heterocycles. The van der Waals surface area contributed by atoms with Crippen molar-refractivity contribution in [2.45, 2.75) is 66.3 Å². The zero-order chi connectivity index (χ0) is 21.1. The molecule has 0 spiro atoms. The molecule has 0 aliphatic heterocycles. The summed E-state index contributed by atoms with van der Waals surface area (Å²) in [6, 6.07) is 6.31. The van der Waals surface area contributed by atoms with Crippen molar-refractivity contribution in [1.82, 2.24) is 9.97 Å². The van der Waals surface area contributed by atoms with Crippen LogP contribution in [0.15, 0.2) is 18.2 Å². The molecule has 0 unspecified atom stereocenters. The second kappa shape index (κ2) is 8.72. The summed E-state index contributed by atoms with van der Waals surface area (Å²) in [5.74, 6) is 0. The predicted octanol–water partition coefficient (Wildman–Crippen LogP) is 4.96. The van der Waals surface area contributed by atoms with Crippen LogP contribution < -0.4 is 4.74 Å². The Bertz CT molecular complexity index is 806. The third-order valence-corrected chi connectivity index (χ3v) is 10.3. The van der Waals surface area contributed by atoms with Gasteiger partial charge in [0.2, 0.25) is 0 Å². The minimum Gasteiger partial charge on any atom is -0.461 e. The first-order valence-electron chi connectivity index (χ1n) is 9.79. The van der Waals surface area contributed by atoms with Crippen LogP contribution in [0.4, 0.5) is 0 Å². The van der Waals surface area contributed by atoms with Gasteiger partial charge in [-0.2, -0.15) is 9.97 Å². The molecule has 0 aliphatic rings. The normalized spacial score (nSPS) is 12.3. The van der Waals surface area contributed by atoms with E-state index >= 15 is 0 Å². The summed E-state index contributed by atoms with van der Waals surface area (Å²) in [5.41, 5.74) is 5.75. The standard InChI is InChI=1S/C22H34N2O3Si/c1-15-18(14-25)10-9-11-19(15)20-16(2)23-21(24-17(20)3)26-12-13-27-28(7,8)22(4,5)6/h9-11,25H,12-14H2,1-8H3. The molecule has 1 aromatic heterocycles. The first-order valence-corrected chi connectivity index (χ1v) is 12.7. The van der Waals surface area contributed by atoms with Crippen molar-refractivity contribution in [1.29, 1.82) is 0 Å². The highest BCUT2D eigenvalue weighted by molar-refractivity contribution is 6.74. The summed E-state index contributed by atoms with van der Waals surface area (Å²) in [4.78, 5) is 9.10. The maximum atomic E-state index is 9.54. The van der Waals surface area contributed by atoms with E-state index in [2.05, 4.69) is 43.8 Å². The lowest BCUT2D eigenvalue weighted by atomic mass is 9.95. The van der Waals surface area contributed by atoms with Crippen molar-refractivity contribution < 1.29 is 14.3 Å². The molecule has 6 heteroatoms. The van der Waals surface area contributed by atoms with Gasteiger partial charge in [-0.15, -0.1) is 0 Å². The van der Waals surface area contributed by atoms with Gasteiger partial charge in [-0.05, 0) is 55.6 Å². The smallest absolute Gasteiger partial charge is 0.316 e. The molecule has 0 amide bonds. The second-order valence-electron chi connectivity index (χ2n) is 8.76. The van der Waals surface area contributed by atoms with Gasteiger partial charge in [0.1, 0.15) is 6.61 Å². The van der Waals surface area contributed by atoms with Crippen molar-refractivity contribution in [3.05, 3.63) is 40.7 Å². The third-order valence-electron chi connectivity index (χ3n) is 5.72. The zero-order valence-electron chi connectivity index (χ0n) is 18.5. The molecule has 28 heavy (non-hydrogen) atoms. The number of nitrogens with zero attached hydrogens (tertiary/aromatic N) is 2. The summed E-state index contributed by atoms with van der Waals surface area (Å²) in [5, 5.41) is 9.72. The van der Waals surface area contributed by atoms with E-state index in [1.165, 1.54) is 0 Å². The summed E-state index contributed by atoms with van der Waals surface area (Å²) in [7, 11) is -1.77. The lowest BCUT2D eigenvalue weighted by Crippen LogP contribution is -2.41. The van der Waals surface area contributed by atoms with Crippen molar-refractivity contribution in [2.75, 3.05) is 13.2 Å². The van der Waals surface area contributed by atoms with E-state index in [0.717, 1.165) is 33.6 Å². The summed E-state index contributed by atoms with van der Waals surface area (Å²) >= 11 is 0. The number of aliphatic hydroxyl groups excluding tert-OH is 1. The van der Waals surface area contributed by atoms with Crippen LogP contribution in [0, 0.1) is 20.8 Å². The van der Waals surface area contributed by atoms with Gasteiger partial charge in [0.05, 0.1) is 24.6 Å². The molecule has 0 saturated carbocycles. The first-order chi connectivity index (χ1) is 13.0. The van der Waals surface area contributed by atoms with Gasteiger partial charge in [0.15, 0.2) is 8.32 Å². The maximum absolute atomic E-state index is 9.54. The van der Waals surface area contributed by atoms with E-state index in [1.54, 1.807) is 0 Å². The Hall–Kier alpha value is -1.76. The van der Waals surface area contributed by atoms with Crippen LogP contribution >= 0.6 is 0 Å². The number of rotatable bonds is 7. The van der Waals surface area contributed by atoms with Crippen molar-refractivity contribution in [3.63, 3.8) is 0 Å². The van der Waals surface area contributed by atoms with Crippen LogP contribution in [-0.2, 0) is 11.0 Å². The third kappa shape index (κ3) is 4.99. The quantitative estimate of drug-likeness (QED) is 0.524. The monoisotopic (exact) mass is 402 g/mol. The fourth-order valence-electron chi connectivity index (χ4n) is 2.91. The van der Waals surface area contributed by atoms with Crippen LogP contribution in [-0.4, -0.2) is 36.6 Å². The molecule has 0 fully saturated rings. The van der Waals surface area contributed by atoms with Crippen LogP contribution in [0.1, 0.15) is 43.3 Å². The molecule has 154 valence electrons. The second-order valence-corrected chi connectivity index (χ2v) is 13.6. The van der Waals surface area contributed by atoms with E-state index in [4.69, 9.17) is 9.16 Å². The Labute approximate surface area is 170 Å². The van der Waals surface area contributed by atoms with Gasteiger partial charge < -0.3 is 14.3 Å². The zero-order valence-corrected chi connectivity index (χ0v) is 19.5. The van der Waals surface area contributed by atoms with E-state index in [0.29, 0.717) is 19.2 Å². The highest BCUT2D eigenvalue weighted by Gasteiger charge is 2.36. The van der Waals surface area contributed by atoms with E-state index in [1.807, 2.05) is 39.0 Å². The number of aromatic nitrogens is 2. The largest absolute Gasteiger partial charge is 0.461 e. The Balaban J connectivity index is 2.13. The fraction of sp³-hybridized carbons (Fsp3) is 0.545. The number of ether oxygens (including phenoxy) is 1. The van der Waals surface area contributed by atoms with Crippen molar-refractivity contribution in [2.24, 2.45) is 0 Å². The number of hydrogen-bond donors (Lipinski definition) is 1. The highest BCUT2D eigenvalue weighted by Crippen LogP contribution is 2.36. The minimum atomic E-state index is -1.77. The Morgan fingerprint density at radius 3 is 2.14 bits per heavy atom. The highest BCUT2D eigenvalue weighted by atomic mass is 28.4. The lowest BCUT2D eigenvalue weighted by molar-refractivity contribution is 0.193. The molecule has 0 atom stereocenters. The molecule has 1 aromatic carbocycles. The van der Waals surface area contributed by atoms with Crippen molar-refractivity contribution >= 4 is 8.32 Å². The van der Waals surface area contributed by atoms with Gasteiger partial charge in [0.25, 0.3) is 0 Å². The molecule has 1 heterocycles. The molecule has 0 bridgehead atoms. The Morgan fingerprint density at radius 1 is 1.00 bits per heavy atom. The van der Waals surface area contributed by atoms with Gasteiger partial charge >= 0.3 is 6.01 Å². The number of hydrogen-bond acceptors (Lipinski definition) is 5. The van der Waals surface area contributed by atoms with Crippen LogP contribution in [0.25, 0.3) is 11.1 Å². The Kier molecular flexibility index (Phi) is 7.01. The summed E-state index contributed by atoms with van der Waals surface area (Å²) < 4.78 is 11.9. The molecule has 0 aliphatic carbocycles. The molecule has 2 aromatic rings. The van der Waals surface area contributed by atoms with Gasteiger partial charge in [-0.1, -0.05) is 39.0 Å². The lowest BCUT2D eigenvalue weighted by Gasteiger charge is -2.36. The molecular formula is C22H34N2O3Si. The summed E-state index contributed by atoms with van der Waals surface area (Å²) in [6.45, 7) is 18.1. The topological polar surface area (TPSA) is 64.5 Å². The average molecular weight is 403 g/mol. The van der Waals surface area contributed by atoms with Gasteiger partial charge in [-0.3, -0.25) is 0 Å². The van der Waals surface area contributed by atoms with E-state index in [9.17, 15) is 5.11 Å². The number of benzene rings is 1. The van der Waals surface area contributed by atoms with Crippen molar-refractivity contribution in [3.8, 4) is 17.1 Å². The molecule has 5 nitrogen and oxygen atoms in total. The fourth-order valence-corrected chi connectivity index (χ4v) is 3.94. The predicted molar refractivity (Wildman–Crippen MR) is 116 cm³/mol. The van der Waals surface area contributed by atoms with E-state index in [-0.39, 0.29) is 11.6 Å². The van der Waals surface area contributed by atoms with E-state index < -0.39 is 8.32 Å². The average Bonchev–Trinajstić information content (AvgIpc) is 2.58. The maximum Gasteiger partial charge on any atom is 0.316 e. The van der Waals surface area contributed by atoms with Gasteiger partial charge in [-0.25, -0.2) is 0 Å². The number of aryl methyl sites for hydroxylation is 2. The minimum absolute atomic E-state index is 0.0219. The Morgan fingerprint density at radius 2 is 1.61 bits per heavy atom. The first kappa shape index (κ1) is 22.5. The SMILES string of the molecule is Cc1nc(OCCO[Si](C)(C)C(C)(C)C)nc(C)c1-c1cccc(CO)c1C. The van der Waals surface area contributed by atoms with Crippen LogP contribution in [0.3, 0.4) is 0 Å². The molecule has 0 radical (unpaired) electrons. The number of aliphatic hydroxyl groups is 1. The molecule has 2 rings (SSSR count). The molecular weight excluding hydrogens is 368 g/mol. The van der Waals surface area contributed by atoms with Crippen LogP contribution in [0.5, 0.6) is 6.01 Å². The van der Waals surface area contributed by atoms with Crippen LogP contribution in [0.2, 0.25) is 18.1 Å². The molecule has 1 N–H and O–H groups in total. The van der Waals surface area contributed by atoms with Gasteiger partial charge in [0, 0.05) is 5.56 Å².